The number of hydrogen-bond acceptors (Lipinski definition) is 2. The van der Waals surface area contributed by atoms with Gasteiger partial charge in [0.05, 0.1) is 12.6 Å². The van der Waals surface area contributed by atoms with Crippen molar-refractivity contribution in [3.05, 3.63) is 70.8 Å². The maximum absolute atomic E-state index is 12.9. The maximum atomic E-state index is 12.9. The predicted molar refractivity (Wildman–Crippen MR) is 91.3 cm³/mol. The number of likely N-dealkylation sites (tertiary alicyclic amines) is 1. The number of hydrogen-bond donors (Lipinski definition) is 0. The first-order chi connectivity index (χ1) is 11.2. The Labute approximate surface area is 137 Å². The molecule has 0 radical (unpaired) electrons. The molecule has 1 saturated heterocycles. The molecule has 0 saturated carbocycles. The molecule has 1 amide bonds. The van der Waals surface area contributed by atoms with E-state index in [9.17, 15) is 4.79 Å². The number of carbonyl (C=O) groups is 1. The van der Waals surface area contributed by atoms with Crippen molar-refractivity contribution in [2.75, 3.05) is 13.7 Å². The lowest BCUT2D eigenvalue weighted by Gasteiger charge is -2.25. The summed E-state index contributed by atoms with van der Waals surface area (Å²) in [6.45, 7) is 3.44. The fourth-order valence-corrected chi connectivity index (χ4v) is 3.27. The summed E-state index contributed by atoms with van der Waals surface area (Å²) >= 11 is 0. The standard InChI is InChI=1S/C20H23NO2/c1-15-8-10-17(11-9-15)19-7-4-12-21(19)20(22)18-6-3-5-16(13-18)14-23-2/h3,5-6,8-11,13,19H,4,7,12,14H2,1-2H3. The largest absolute Gasteiger partial charge is 0.380 e. The summed E-state index contributed by atoms with van der Waals surface area (Å²) in [5.74, 6) is 0.117. The second-order valence-electron chi connectivity index (χ2n) is 6.20. The number of ether oxygens (including phenoxy) is 1. The molecule has 1 fully saturated rings. The lowest BCUT2D eigenvalue weighted by Crippen LogP contribution is -2.30. The van der Waals surface area contributed by atoms with E-state index in [4.69, 9.17) is 4.74 Å². The Hall–Kier alpha value is -2.13. The third-order valence-electron chi connectivity index (χ3n) is 4.46. The lowest BCUT2D eigenvalue weighted by atomic mass is 10.0. The van der Waals surface area contributed by atoms with Crippen molar-refractivity contribution in [2.45, 2.75) is 32.4 Å². The number of carbonyl (C=O) groups excluding carboxylic acids is 1. The van der Waals surface area contributed by atoms with E-state index in [0.717, 1.165) is 30.5 Å². The number of amides is 1. The first kappa shape index (κ1) is 15.8. The quantitative estimate of drug-likeness (QED) is 0.850. The van der Waals surface area contributed by atoms with Crippen LogP contribution in [0.15, 0.2) is 48.5 Å². The van der Waals surface area contributed by atoms with Crippen LogP contribution in [0.4, 0.5) is 0 Å². The van der Waals surface area contributed by atoms with E-state index < -0.39 is 0 Å². The number of rotatable bonds is 4. The van der Waals surface area contributed by atoms with E-state index >= 15 is 0 Å². The molecule has 0 spiro atoms. The molecular weight excluding hydrogens is 286 g/mol. The molecule has 0 N–H and O–H groups in total. The summed E-state index contributed by atoms with van der Waals surface area (Å²) in [4.78, 5) is 14.9. The minimum absolute atomic E-state index is 0.117. The highest BCUT2D eigenvalue weighted by Gasteiger charge is 2.30. The van der Waals surface area contributed by atoms with Crippen molar-refractivity contribution in [1.82, 2.24) is 4.90 Å². The van der Waals surface area contributed by atoms with Gasteiger partial charge in [0, 0.05) is 19.2 Å². The molecule has 1 heterocycles. The van der Waals surface area contributed by atoms with Gasteiger partial charge in [-0.3, -0.25) is 4.79 Å². The smallest absolute Gasteiger partial charge is 0.254 e. The fourth-order valence-electron chi connectivity index (χ4n) is 3.27. The van der Waals surface area contributed by atoms with Gasteiger partial charge in [0.25, 0.3) is 5.91 Å². The van der Waals surface area contributed by atoms with E-state index in [1.165, 1.54) is 11.1 Å². The number of methoxy groups -OCH3 is 1. The number of benzene rings is 2. The molecule has 120 valence electrons. The first-order valence-corrected chi connectivity index (χ1v) is 8.14. The van der Waals surface area contributed by atoms with Gasteiger partial charge in [-0.05, 0) is 43.0 Å². The monoisotopic (exact) mass is 309 g/mol. The summed E-state index contributed by atoms with van der Waals surface area (Å²) in [6.07, 6.45) is 2.09. The maximum Gasteiger partial charge on any atom is 0.254 e. The van der Waals surface area contributed by atoms with Crippen LogP contribution in [0.25, 0.3) is 0 Å². The van der Waals surface area contributed by atoms with Crippen molar-refractivity contribution in [3.8, 4) is 0 Å². The van der Waals surface area contributed by atoms with Gasteiger partial charge in [0.15, 0.2) is 0 Å². The third-order valence-corrected chi connectivity index (χ3v) is 4.46. The highest BCUT2D eigenvalue weighted by molar-refractivity contribution is 5.94. The minimum Gasteiger partial charge on any atom is -0.380 e. The molecule has 1 aliphatic heterocycles. The van der Waals surface area contributed by atoms with Crippen molar-refractivity contribution in [1.29, 1.82) is 0 Å². The predicted octanol–water partition coefficient (Wildman–Crippen LogP) is 4.12. The summed E-state index contributed by atoms with van der Waals surface area (Å²) in [5, 5.41) is 0. The molecule has 3 heteroatoms. The van der Waals surface area contributed by atoms with E-state index in [1.54, 1.807) is 7.11 Å². The SMILES string of the molecule is COCc1cccc(C(=O)N2CCCC2c2ccc(C)cc2)c1. The Bertz CT molecular complexity index is 678. The van der Waals surface area contributed by atoms with E-state index in [2.05, 4.69) is 31.2 Å². The second kappa shape index (κ2) is 6.97. The average molecular weight is 309 g/mol. The molecule has 0 aromatic heterocycles. The van der Waals surface area contributed by atoms with Crippen LogP contribution in [0.1, 0.15) is 45.9 Å². The topological polar surface area (TPSA) is 29.5 Å². The zero-order chi connectivity index (χ0) is 16.2. The summed E-state index contributed by atoms with van der Waals surface area (Å²) in [5.41, 5.74) is 4.26. The Morgan fingerprint density at radius 1 is 1.22 bits per heavy atom. The van der Waals surface area contributed by atoms with Crippen molar-refractivity contribution < 1.29 is 9.53 Å². The zero-order valence-electron chi connectivity index (χ0n) is 13.8. The molecule has 3 nitrogen and oxygen atoms in total. The van der Waals surface area contributed by atoms with Crippen molar-refractivity contribution in [3.63, 3.8) is 0 Å². The van der Waals surface area contributed by atoms with Gasteiger partial charge in [-0.15, -0.1) is 0 Å². The Morgan fingerprint density at radius 2 is 2.00 bits per heavy atom. The van der Waals surface area contributed by atoms with Crippen LogP contribution in [-0.4, -0.2) is 24.5 Å². The highest BCUT2D eigenvalue weighted by atomic mass is 16.5. The molecule has 1 unspecified atom stereocenters. The molecule has 1 aliphatic rings. The Morgan fingerprint density at radius 3 is 2.74 bits per heavy atom. The molecule has 0 aliphatic carbocycles. The summed E-state index contributed by atoms with van der Waals surface area (Å²) in [6, 6.07) is 16.5. The van der Waals surface area contributed by atoms with Crippen molar-refractivity contribution in [2.24, 2.45) is 0 Å². The van der Waals surface area contributed by atoms with Gasteiger partial charge >= 0.3 is 0 Å². The van der Waals surface area contributed by atoms with E-state index in [-0.39, 0.29) is 11.9 Å². The molecule has 2 aromatic rings. The zero-order valence-corrected chi connectivity index (χ0v) is 13.8. The van der Waals surface area contributed by atoms with Crippen LogP contribution >= 0.6 is 0 Å². The third kappa shape index (κ3) is 3.45. The normalized spacial score (nSPS) is 17.5. The van der Waals surface area contributed by atoms with Gasteiger partial charge in [-0.1, -0.05) is 42.0 Å². The van der Waals surface area contributed by atoms with Crippen molar-refractivity contribution >= 4 is 5.91 Å². The van der Waals surface area contributed by atoms with Crippen LogP contribution < -0.4 is 0 Å². The lowest BCUT2D eigenvalue weighted by molar-refractivity contribution is 0.0735. The molecular formula is C20H23NO2. The van der Waals surface area contributed by atoms with Crippen LogP contribution in [0, 0.1) is 6.92 Å². The Balaban J connectivity index is 1.83. The molecule has 1 atom stereocenters. The van der Waals surface area contributed by atoms with Gasteiger partial charge < -0.3 is 9.64 Å². The molecule has 0 bridgehead atoms. The fraction of sp³-hybridized carbons (Fsp3) is 0.350. The van der Waals surface area contributed by atoms with Crippen LogP contribution in [0.5, 0.6) is 0 Å². The number of nitrogens with zero attached hydrogens (tertiary/aromatic N) is 1. The number of aryl methyl sites for hydroxylation is 1. The first-order valence-electron chi connectivity index (χ1n) is 8.14. The van der Waals surface area contributed by atoms with E-state index in [0.29, 0.717) is 6.61 Å². The van der Waals surface area contributed by atoms with Crippen LogP contribution in [-0.2, 0) is 11.3 Å². The minimum atomic E-state index is 0.117. The van der Waals surface area contributed by atoms with Crippen LogP contribution in [0.3, 0.4) is 0 Å². The van der Waals surface area contributed by atoms with Gasteiger partial charge in [0.1, 0.15) is 0 Å². The average Bonchev–Trinajstić information content (AvgIpc) is 3.05. The Kier molecular flexibility index (Phi) is 4.77. The van der Waals surface area contributed by atoms with E-state index in [1.807, 2.05) is 29.2 Å². The molecule has 2 aromatic carbocycles. The second-order valence-corrected chi connectivity index (χ2v) is 6.20. The van der Waals surface area contributed by atoms with Gasteiger partial charge in [0.2, 0.25) is 0 Å². The molecule has 23 heavy (non-hydrogen) atoms. The summed E-state index contributed by atoms with van der Waals surface area (Å²) in [7, 11) is 1.67. The highest BCUT2D eigenvalue weighted by Crippen LogP contribution is 2.33. The summed E-state index contributed by atoms with van der Waals surface area (Å²) < 4.78 is 5.16. The van der Waals surface area contributed by atoms with Gasteiger partial charge in [-0.25, -0.2) is 0 Å². The van der Waals surface area contributed by atoms with Gasteiger partial charge in [-0.2, -0.15) is 0 Å². The van der Waals surface area contributed by atoms with Crippen LogP contribution in [0.2, 0.25) is 0 Å². The molecule has 3 rings (SSSR count).